The van der Waals surface area contributed by atoms with Crippen molar-refractivity contribution >= 4 is 30.5 Å². The Hall–Kier alpha value is -4.30. The molecule has 4 heterocycles. The van der Waals surface area contributed by atoms with Crippen molar-refractivity contribution in [3.63, 3.8) is 0 Å². The minimum Gasteiger partial charge on any atom is -0.507 e. The van der Waals surface area contributed by atoms with Gasteiger partial charge in [0, 0.05) is 66.0 Å². The second kappa shape index (κ2) is 27.2. The minimum atomic E-state index is -1.83. The summed E-state index contributed by atoms with van der Waals surface area (Å²) in [6, 6.07) is 8.28. The van der Waals surface area contributed by atoms with E-state index in [1.54, 1.807) is 0 Å². The van der Waals surface area contributed by atoms with Crippen molar-refractivity contribution in [1.82, 2.24) is 19.6 Å². The van der Waals surface area contributed by atoms with Gasteiger partial charge >= 0.3 is 18.1 Å². The standard InChI is InChI=1S/C48H74N8O2.CH2O3.CH3.Co/c1-37-31-41(19-11-7-9-13-23-53-27-17-29-55-25-15-21-51(5)47(53)55)33-43(45(37)57)35-49-39(3)40(4)50-36-44-34-42(32-38(2)46(44)58)20-12-8-10-14-24-54-28-18-30-56-26-16-22-52(6)48(54)56;2-1(3)4;;/h31-36,39-40H,7-30H2,1-6H3;(H2,2,3,4);1H3;/q;;-1;/p+2. The smallest absolute Gasteiger partial charge is 0.503 e. The first kappa shape index (κ1) is 54.0. The molecule has 4 N–H and O–H groups in total. The number of carbonyl (C=O) groups is 1. The Kier molecular flexibility index (Phi) is 23.0. The number of hydrogen-bond acceptors (Lipinski definition) is 9. The molecule has 4 aliphatic heterocycles. The van der Waals surface area contributed by atoms with Gasteiger partial charge in [-0.3, -0.25) is 38.7 Å². The molecule has 2 unspecified atom stereocenters. The summed E-state index contributed by atoms with van der Waals surface area (Å²) in [7, 11) is 4.50. The molecule has 4 aliphatic rings. The summed E-state index contributed by atoms with van der Waals surface area (Å²) in [5.41, 5.74) is 5.85. The maximum absolute atomic E-state index is 10.9. The predicted molar refractivity (Wildman–Crippen MR) is 258 cm³/mol. The van der Waals surface area contributed by atoms with E-state index < -0.39 is 6.16 Å². The molecule has 0 bridgehead atoms. The van der Waals surface area contributed by atoms with Crippen LogP contribution < -0.4 is 0 Å². The SMILES string of the molecule is Cc1cc(CCCCCCN2CCCN3CCC[N+](C)=C23)cc(C=NC(C)C(C)N=Cc2cc(CCCCCCN3CCCN4CCC[N+](C)=C34)cc(C)c2O)c1O.O=C(O)O.[CH3-].[Co]. The van der Waals surface area contributed by atoms with Crippen molar-refractivity contribution in [3.05, 3.63) is 65.1 Å². The summed E-state index contributed by atoms with van der Waals surface area (Å²) in [4.78, 5) is 28.6. The average molecular weight is 933 g/mol. The summed E-state index contributed by atoms with van der Waals surface area (Å²) in [5, 5.41) is 35.8. The van der Waals surface area contributed by atoms with Crippen LogP contribution in [0.15, 0.2) is 34.3 Å². The van der Waals surface area contributed by atoms with Gasteiger partial charge < -0.3 is 27.9 Å². The van der Waals surface area contributed by atoms with E-state index in [1.165, 1.54) is 140 Å². The molecule has 0 saturated carbocycles. The van der Waals surface area contributed by atoms with E-state index >= 15 is 0 Å². The van der Waals surface area contributed by atoms with Crippen molar-refractivity contribution in [3.8, 4) is 11.5 Å². The van der Waals surface area contributed by atoms with E-state index in [0.717, 1.165) is 61.0 Å². The topological polar surface area (TPSA) is 142 Å². The molecule has 2 aromatic carbocycles. The van der Waals surface area contributed by atoms with E-state index in [9.17, 15) is 10.2 Å². The quantitative estimate of drug-likeness (QED) is 0.0483. The number of guanidine groups is 2. The first-order valence-electron chi connectivity index (χ1n) is 23.6. The van der Waals surface area contributed by atoms with Gasteiger partial charge in [-0.05, 0) is 101 Å². The van der Waals surface area contributed by atoms with Crippen LogP contribution in [0, 0.1) is 21.3 Å². The van der Waals surface area contributed by atoms with Crippen LogP contribution in [-0.2, 0) is 29.6 Å². The number of hydrogen-bond donors (Lipinski definition) is 4. The molecule has 64 heavy (non-hydrogen) atoms. The second-order valence-electron chi connectivity index (χ2n) is 18.2. The molecule has 0 spiro atoms. The van der Waals surface area contributed by atoms with Gasteiger partial charge in [-0.25, -0.2) is 4.79 Å². The van der Waals surface area contributed by atoms with Gasteiger partial charge in [0.1, 0.15) is 11.5 Å². The van der Waals surface area contributed by atoms with Crippen molar-refractivity contribution in [2.75, 3.05) is 79.5 Å². The number of benzene rings is 2. The first-order chi connectivity index (χ1) is 29.8. The molecule has 6 rings (SSSR count). The van der Waals surface area contributed by atoms with Crippen molar-refractivity contribution < 1.29 is 51.2 Å². The van der Waals surface area contributed by atoms with Crippen LogP contribution >= 0.6 is 0 Å². The van der Waals surface area contributed by atoms with Gasteiger partial charge in [-0.2, -0.15) is 0 Å². The fraction of sp³-hybridized carbons (Fsp3) is 0.640. The maximum atomic E-state index is 10.9. The number of phenols is 2. The molecule has 2 atom stereocenters. The molecule has 0 amide bonds. The largest absolute Gasteiger partial charge is 0.507 e. The third kappa shape index (κ3) is 16.0. The van der Waals surface area contributed by atoms with E-state index in [2.05, 4.69) is 81.0 Å². The van der Waals surface area contributed by atoms with E-state index in [1.807, 2.05) is 26.3 Å². The summed E-state index contributed by atoms with van der Waals surface area (Å²) in [6.07, 6.45) is 18.6. The molecule has 0 aliphatic carbocycles. The number of rotatable bonds is 19. The molecule has 2 fully saturated rings. The van der Waals surface area contributed by atoms with Crippen LogP contribution in [-0.4, -0.2) is 171 Å². The van der Waals surface area contributed by atoms with Crippen molar-refractivity contribution in [1.29, 1.82) is 0 Å². The zero-order valence-corrected chi connectivity index (χ0v) is 41.2. The van der Waals surface area contributed by atoms with Gasteiger partial charge in [-0.1, -0.05) is 37.8 Å². The number of phenolic OH excluding ortho intramolecular Hbond substituents is 2. The zero-order valence-electron chi connectivity index (χ0n) is 40.2. The number of aromatic hydroxyl groups is 2. The summed E-state index contributed by atoms with van der Waals surface area (Å²) < 4.78 is 4.91. The third-order valence-corrected chi connectivity index (χ3v) is 13.0. The van der Waals surface area contributed by atoms with E-state index in [-0.39, 0.29) is 36.3 Å². The second-order valence-corrected chi connectivity index (χ2v) is 18.2. The molecule has 359 valence electrons. The first-order valence-corrected chi connectivity index (χ1v) is 23.6. The Morgan fingerprint density at radius 2 is 0.984 bits per heavy atom. The van der Waals surface area contributed by atoms with Crippen LogP contribution in [0.1, 0.15) is 124 Å². The fourth-order valence-corrected chi connectivity index (χ4v) is 9.58. The summed E-state index contributed by atoms with van der Waals surface area (Å²) in [6.45, 7) is 19.9. The predicted octanol–water partition coefficient (Wildman–Crippen LogP) is 7.73. The number of unbranched alkanes of at least 4 members (excludes halogenated alkanes) is 6. The zero-order chi connectivity index (χ0) is 44.6. The van der Waals surface area contributed by atoms with Crippen LogP contribution in [0.5, 0.6) is 11.5 Å². The van der Waals surface area contributed by atoms with Crippen LogP contribution in [0.3, 0.4) is 0 Å². The molecular weight excluding hydrogens is 852 g/mol. The molecule has 2 saturated heterocycles. The number of aryl methyl sites for hydroxylation is 4. The monoisotopic (exact) mass is 933 g/mol. The number of aliphatic imine (C=N–C) groups is 2. The molecule has 1 radical (unpaired) electrons. The molecule has 0 aromatic heterocycles. The van der Waals surface area contributed by atoms with Gasteiger partial charge in [0.25, 0.3) is 0 Å². The maximum Gasteiger partial charge on any atom is 0.503 e. The van der Waals surface area contributed by atoms with Gasteiger partial charge in [0.2, 0.25) is 0 Å². The number of fused-ring (bicyclic) bond motifs is 2. The fourth-order valence-electron chi connectivity index (χ4n) is 9.58. The number of carboxylic acid groups (broad SMARTS) is 2. The molecule has 2 aromatic rings. The normalized spacial score (nSPS) is 17.4. The molecule has 13 nitrogen and oxygen atoms in total. The van der Waals surface area contributed by atoms with Crippen LogP contribution in [0.4, 0.5) is 4.79 Å². The van der Waals surface area contributed by atoms with E-state index in [0.29, 0.717) is 11.5 Å². The van der Waals surface area contributed by atoms with Gasteiger partial charge in [-0.15, -0.1) is 0 Å². The Morgan fingerprint density at radius 1 is 0.625 bits per heavy atom. The summed E-state index contributed by atoms with van der Waals surface area (Å²) >= 11 is 0. The van der Waals surface area contributed by atoms with Crippen molar-refractivity contribution in [2.24, 2.45) is 9.98 Å². The summed E-state index contributed by atoms with van der Waals surface area (Å²) in [5.74, 6) is 3.52. The third-order valence-electron chi connectivity index (χ3n) is 13.0. The molecular formula is C50H81CoN8O5+. The average Bonchev–Trinajstić information content (AvgIpc) is 3.24. The van der Waals surface area contributed by atoms with Gasteiger partial charge in [0.05, 0.1) is 91.6 Å². The van der Waals surface area contributed by atoms with Crippen molar-refractivity contribution in [2.45, 2.75) is 130 Å². The Morgan fingerprint density at radius 3 is 1.38 bits per heavy atom. The Balaban J connectivity index is 0.00000174. The number of nitrogens with zero attached hydrogens (tertiary/aromatic N) is 8. The Bertz CT molecular complexity index is 1780. The minimum absolute atomic E-state index is 0. The van der Waals surface area contributed by atoms with Crippen LogP contribution in [0.25, 0.3) is 0 Å². The Labute approximate surface area is 395 Å². The molecule has 14 heteroatoms. The van der Waals surface area contributed by atoms with E-state index in [4.69, 9.17) is 25.0 Å². The van der Waals surface area contributed by atoms with Crippen LogP contribution in [0.2, 0.25) is 0 Å². The van der Waals surface area contributed by atoms with Gasteiger partial charge in [0.15, 0.2) is 0 Å².